The molecule has 0 aliphatic carbocycles. The second-order valence-corrected chi connectivity index (χ2v) is 4.32. The third kappa shape index (κ3) is 3.10. The van der Waals surface area contributed by atoms with E-state index in [1.54, 1.807) is 6.07 Å². The van der Waals surface area contributed by atoms with E-state index in [1.165, 1.54) is 37.4 Å². The van der Waals surface area contributed by atoms with E-state index < -0.39 is 4.92 Å². The standard InChI is InChI=1S/C13H9ClN2O4/c1-8(17)9-4-5-15-13(6-9)20-10-2-3-12(16(18)19)11(14)7-10/h2-7H,1H3. The van der Waals surface area contributed by atoms with Gasteiger partial charge in [-0.2, -0.15) is 0 Å². The molecule has 7 heteroatoms. The third-order valence-electron chi connectivity index (χ3n) is 2.48. The van der Waals surface area contributed by atoms with Crippen LogP contribution in [0.4, 0.5) is 5.69 Å². The van der Waals surface area contributed by atoms with Gasteiger partial charge < -0.3 is 4.74 Å². The molecule has 2 rings (SSSR count). The Morgan fingerprint density at radius 1 is 1.35 bits per heavy atom. The number of Topliss-reactive ketones (excluding diaryl/α,β-unsaturated/α-hetero) is 1. The zero-order valence-electron chi connectivity index (χ0n) is 10.4. The van der Waals surface area contributed by atoms with Crippen molar-refractivity contribution in [3.8, 4) is 11.6 Å². The van der Waals surface area contributed by atoms with Gasteiger partial charge in [-0.05, 0) is 19.1 Å². The average Bonchev–Trinajstić information content (AvgIpc) is 2.38. The van der Waals surface area contributed by atoms with Crippen molar-refractivity contribution in [2.24, 2.45) is 0 Å². The molecule has 0 saturated heterocycles. The summed E-state index contributed by atoms with van der Waals surface area (Å²) in [6.07, 6.45) is 1.44. The number of hydrogen-bond donors (Lipinski definition) is 0. The Bertz CT molecular complexity index is 688. The van der Waals surface area contributed by atoms with Gasteiger partial charge in [0.15, 0.2) is 5.78 Å². The van der Waals surface area contributed by atoms with Crippen molar-refractivity contribution in [3.05, 3.63) is 57.2 Å². The summed E-state index contributed by atoms with van der Waals surface area (Å²) in [5, 5.41) is 10.6. The molecule has 0 spiro atoms. The highest BCUT2D eigenvalue weighted by Gasteiger charge is 2.13. The Hall–Kier alpha value is -2.47. The van der Waals surface area contributed by atoms with E-state index in [0.717, 1.165) is 0 Å². The Morgan fingerprint density at radius 2 is 2.10 bits per heavy atom. The van der Waals surface area contributed by atoms with E-state index in [4.69, 9.17) is 16.3 Å². The summed E-state index contributed by atoms with van der Waals surface area (Å²) in [6, 6.07) is 7.02. The van der Waals surface area contributed by atoms with Crippen LogP contribution in [0.3, 0.4) is 0 Å². The molecular formula is C13H9ClN2O4. The van der Waals surface area contributed by atoms with E-state index in [-0.39, 0.29) is 22.4 Å². The maximum atomic E-state index is 11.2. The van der Waals surface area contributed by atoms with Crippen molar-refractivity contribution in [1.29, 1.82) is 0 Å². The van der Waals surface area contributed by atoms with Crippen LogP contribution in [0.5, 0.6) is 11.6 Å². The van der Waals surface area contributed by atoms with E-state index in [1.807, 2.05) is 0 Å². The molecule has 0 aliphatic heterocycles. The fourth-order valence-electron chi connectivity index (χ4n) is 1.50. The normalized spacial score (nSPS) is 10.1. The quantitative estimate of drug-likeness (QED) is 0.488. The number of nitrogens with zero attached hydrogens (tertiary/aromatic N) is 2. The molecule has 2 aromatic rings. The van der Waals surface area contributed by atoms with Crippen LogP contribution in [-0.4, -0.2) is 15.7 Å². The number of carbonyl (C=O) groups excluding carboxylic acids is 1. The van der Waals surface area contributed by atoms with Gasteiger partial charge >= 0.3 is 0 Å². The van der Waals surface area contributed by atoms with Crippen molar-refractivity contribution in [1.82, 2.24) is 4.98 Å². The van der Waals surface area contributed by atoms with Gasteiger partial charge in [0.25, 0.3) is 5.69 Å². The van der Waals surface area contributed by atoms with Gasteiger partial charge in [0.2, 0.25) is 5.88 Å². The summed E-state index contributed by atoms with van der Waals surface area (Å²) in [4.78, 5) is 25.3. The lowest BCUT2D eigenvalue weighted by atomic mass is 10.2. The number of halogens is 1. The second kappa shape index (κ2) is 5.66. The van der Waals surface area contributed by atoms with Gasteiger partial charge in [-0.15, -0.1) is 0 Å². The molecule has 1 aromatic heterocycles. The minimum atomic E-state index is -0.583. The Morgan fingerprint density at radius 3 is 2.70 bits per heavy atom. The van der Waals surface area contributed by atoms with Crippen molar-refractivity contribution in [2.45, 2.75) is 6.92 Å². The SMILES string of the molecule is CC(=O)c1ccnc(Oc2ccc([N+](=O)[O-])c(Cl)c2)c1. The molecule has 102 valence electrons. The zero-order valence-corrected chi connectivity index (χ0v) is 11.1. The molecule has 1 heterocycles. The molecule has 0 radical (unpaired) electrons. The summed E-state index contributed by atoms with van der Waals surface area (Å²) in [6.45, 7) is 1.43. The number of hydrogen-bond acceptors (Lipinski definition) is 5. The number of ketones is 1. The molecule has 0 bridgehead atoms. The minimum absolute atomic E-state index is 0.0322. The lowest BCUT2D eigenvalue weighted by Gasteiger charge is -2.06. The summed E-state index contributed by atoms with van der Waals surface area (Å²) < 4.78 is 5.41. The third-order valence-corrected chi connectivity index (χ3v) is 2.78. The highest BCUT2D eigenvalue weighted by Crippen LogP contribution is 2.30. The van der Waals surface area contributed by atoms with Crippen molar-refractivity contribution >= 4 is 23.1 Å². The highest BCUT2D eigenvalue weighted by atomic mass is 35.5. The van der Waals surface area contributed by atoms with Crippen LogP contribution < -0.4 is 4.74 Å². The van der Waals surface area contributed by atoms with Gasteiger partial charge in [0.05, 0.1) is 4.92 Å². The van der Waals surface area contributed by atoms with Gasteiger partial charge in [0, 0.05) is 30.0 Å². The highest BCUT2D eigenvalue weighted by molar-refractivity contribution is 6.32. The first-order valence-electron chi connectivity index (χ1n) is 5.56. The van der Waals surface area contributed by atoms with Crippen LogP contribution in [0.25, 0.3) is 0 Å². The lowest BCUT2D eigenvalue weighted by molar-refractivity contribution is -0.384. The Balaban J connectivity index is 2.26. The summed E-state index contributed by atoms with van der Waals surface area (Å²) in [7, 11) is 0. The molecule has 1 aromatic carbocycles. The largest absolute Gasteiger partial charge is 0.439 e. The monoisotopic (exact) mass is 292 g/mol. The number of nitro groups is 1. The lowest BCUT2D eigenvalue weighted by Crippen LogP contribution is -1.95. The Labute approximate surface area is 119 Å². The van der Waals surface area contributed by atoms with Crippen molar-refractivity contribution in [3.63, 3.8) is 0 Å². The van der Waals surface area contributed by atoms with Gasteiger partial charge in [-0.3, -0.25) is 14.9 Å². The zero-order chi connectivity index (χ0) is 14.7. The van der Waals surface area contributed by atoms with E-state index >= 15 is 0 Å². The maximum Gasteiger partial charge on any atom is 0.288 e. The minimum Gasteiger partial charge on any atom is -0.439 e. The molecule has 0 fully saturated rings. The summed E-state index contributed by atoms with van der Waals surface area (Å²) >= 11 is 5.78. The van der Waals surface area contributed by atoms with Crippen LogP contribution >= 0.6 is 11.6 Å². The predicted octanol–water partition coefficient (Wildman–Crippen LogP) is 3.64. The van der Waals surface area contributed by atoms with Gasteiger partial charge in [-0.1, -0.05) is 11.6 Å². The molecule has 0 atom stereocenters. The Kier molecular flexibility index (Phi) is 3.95. The first kappa shape index (κ1) is 14.0. The fraction of sp³-hybridized carbons (Fsp3) is 0.0769. The summed E-state index contributed by atoms with van der Waals surface area (Å²) in [5.41, 5.74) is 0.257. The van der Waals surface area contributed by atoms with Crippen LogP contribution in [0.15, 0.2) is 36.5 Å². The van der Waals surface area contributed by atoms with Crippen molar-refractivity contribution < 1.29 is 14.5 Å². The number of aromatic nitrogens is 1. The molecule has 0 amide bonds. The van der Waals surface area contributed by atoms with Gasteiger partial charge in [-0.25, -0.2) is 4.98 Å². The van der Waals surface area contributed by atoms with E-state index in [0.29, 0.717) is 11.3 Å². The fourth-order valence-corrected chi connectivity index (χ4v) is 1.74. The van der Waals surface area contributed by atoms with E-state index in [9.17, 15) is 14.9 Å². The topological polar surface area (TPSA) is 82.3 Å². The second-order valence-electron chi connectivity index (χ2n) is 3.91. The first-order chi connectivity index (χ1) is 9.47. The smallest absolute Gasteiger partial charge is 0.288 e. The molecule has 0 unspecified atom stereocenters. The number of ether oxygens (including phenoxy) is 1. The van der Waals surface area contributed by atoms with Crippen LogP contribution in [0, 0.1) is 10.1 Å². The average molecular weight is 293 g/mol. The number of carbonyl (C=O) groups is 1. The molecule has 6 nitrogen and oxygen atoms in total. The van der Waals surface area contributed by atoms with E-state index in [2.05, 4.69) is 4.98 Å². The number of benzene rings is 1. The predicted molar refractivity (Wildman–Crippen MR) is 72.4 cm³/mol. The number of nitro benzene ring substituents is 1. The molecule has 0 saturated carbocycles. The van der Waals surface area contributed by atoms with Crippen LogP contribution in [0.1, 0.15) is 17.3 Å². The maximum absolute atomic E-state index is 11.2. The summed E-state index contributed by atoms with van der Waals surface area (Å²) in [5.74, 6) is 0.399. The van der Waals surface area contributed by atoms with Crippen LogP contribution in [-0.2, 0) is 0 Å². The number of pyridine rings is 1. The first-order valence-corrected chi connectivity index (χ1v) is 5.94. The molecular weight excluding hydrogens is 284 g/mol. The van der Waals surface area contributed by atoms with Crippen molar-refractivity contribution in [2.75, 3.05) is 0 Å². The molecule has 0 aliphatic rings. The molecule has 0 N–H and O–H groups in total. The number of rotatable bonds is 4. The van der Waals surface area contributed by atoms with Crippen LogP contribution in [0.2, 0.25) is 5.02 Å². The van der Waals surface area contributed by atoms with Gasteiger partial charge in [0.1, 0.15) is 10.8 Å². The molecule has 20 heavy (non-hydrogen) atoms.